The Balaban J connectivity index is 0.000000553. The maximum Gasteiger partial charge on any atom is 0.490 e. The quantitative estimate of drug-likeness (QED) is 0.498. The number of amides is 2. The monoisotopic (exact) mass is 443 g/mol. The largest absolute Gasteiger partial charge is 0.490 e. The average molecular weight is 443 g/mol. The third kappa shape index (κ3) is 7.70. The molecule has 2 aliphatic heterocycles. The summed E-state index contributed by atoms with van der Waals surface area (Å²) in [5.74, 6) is -2.82. The second-order valence-electron chi connectivity index (χ2n) is 6.90. The second-order valence-corrected chi connectivity index (χ2v) is 6.90. The van der Waals surface area contributed by atoms with E-state index in [9.17, 15) is 22.8 Å². The molecule has 1 atom stereocenters. The molecule has 0 bridgehead atoms. The fraction of sp³-hybridized carbons (Fsp3) is 0.824. The van der Waals surface area contributed by atoms with Crippen LogP contribution in [0.15, 0.2) is 0 Å². The van der Waals surface area contributed by atoms with Crippen LogP contribution in [0.25, 0.3) is 0 Å². The van der Waals surface area contributed by atoms with E-state index in [-0.39, 0.29) is 30.1 Å². The van der Waals surface area contributed by atoms with E-state index in [1.54, 1.807) is 12.0 Å². The molecule has 0 aliphatic carbocycles. The molecule has 30 heavy (non-hydrogen) atoms. The third-order valence-electron chi connectivity index (χ3n) is 4.51. The van der Waals surface area contributed by atoms with Gasteiger partial charge in [0, 0.05) is 26.8 Å². The minimum Gasteiger partial charge on any atom is -0.475 e. The van der Waals surface area contributed by atoms with E-state index >= 15 is 0 Å². The molecule has 0 aromatic rings. The van der Waals surface area contributed by atoms with E-state index in [4.69, 9.17) is 24.1 Å². The van der Waals surface area contributed by atoms with E-state index < -0.39 is 12.1 Å². The number of likely N-dealkylation sites (N-methyl/N-ethyl adjacent to an activating group) is 1. The van der Waals surface area contributed by atoms with Gasteiger partial charge in [0.25, 0.3) is 0 Å². The molecule has 2 amide bonds. The van der Waals surface area contributed by atoms with Gasteiger partial charge in [0.05, 0.1) is 26.3 Å². The van der Waals surface area contributed by atoms with Crippen LogP contribution in [0.3, 0.4) is 0 Å². The zero-order valence-electron chi connectivity index (χ0n) is 17.2. The molecule has 10 nitrogen and oxygen atoms in total. The van der Waals surface area contributed by atoms with Crippen LogP contribution >= 0.6 is 0 Å². The van der Waals surface area contributed by atoms with Crippen molar-refractivity contribution in [3.05, 3.63) is 0 Å². The number of carbonyl (C=O) groups excluding carboxylic acids is 2. The number of carboxylic acids is 1. The zero-order chi connectivity index (χ0) is 22.9. The predicted molar refractivity (Wildman–Crippen MR) is 96.8 cm³/mol. The average Bonchev–Trinajstić information content (AvgIpc) is 2.63. The number of rotatable bonds is 7. The highest BCUT2D eigenvalue weighted by Gasteiger charge is 2.51. The number of carbonyl (C=O) groups is 3. The first kappa shape index (κ1) is 26.1. The molecule has 1 unspecified atom stereocenters. The van der Waals surface area contributed by atoms with E-state index in [0.29, 0.717) is 46.0 Å². The summed E-state index contributed by atoms with van der Waals surface area (Å²) >= 11 is 0. The Morgan fingerprint density at radius 2 is 1.87 bits per heavy atom. The minimum absolute atomic E-state index is 0.0110. The molecular weight excluding hydrogens is 415 g/mol. The van der Waals surface area contributed by atoms with Gasteiger partial charge in [-0.15, -0.1) is 0 Å². The summed E-state index contributed by atoms with van der Waals surface area (Å²) in [6, 6.07) is -0.300. The zero-order valence-corrected chi connectivity index (χ0v) is 17.2. The van der Waals surface area contributed by atoms with Crippen molar-refractivity contribution in [2.24, 2.45) is 0 Å². The maximum atomic E-state index is 12.1. The lowest BCUT2D eigenvalue weighted by Gasteiger charge is -2.54. The second kappa shape index (κ2) is 11.4. The molecule has 2 N–H and O–H groups in total. The molecule has 174 valence electrons. The van der Waals surface area contributed by atoms with Gasteiger partial charge >= 0.3 is 12.1 Å². The fourth-order valence-electron chi connectivity index (χ4n) is 2.96. The number of methoxy groups -OCH3 is 1. The van der Waals surface area contributed by atoms with Crippen LogP contribution in [0.2, 0.25) is 0 Å². The Morgan fingerprint density at radius 1 is 1.27 bits per heavy atom. The number of likely N-dealkylation sites (tertiary alicyclic amines) is 1. The van der Waals surface area contributed by atoms with Gasteiger partial charge in [0.2, 0.25) is 11.8 Å². The number of nitrogens with one attached hydrogen (secondary N) is 1. The van der Waals surface area contributed by atoms with Gasteiger partial charge in [-0.3, -0.25) is 14.5 Å². The topological polar surface area (TPSA) is 118 Å². The van der Waals surface area contributed by atoms with Gasteiger partial charge in [0.1, 0.15) is 18.2 Å². The lowest BCUT2D eigenvalue weighted by Crippen LogP contribution is -2.73. The Hall–Kier alpha value is -1.96. The smallest absolute Gasteiger partial charge is 0.475 e. The van der Waals surface area contributed by atoms with Crippen LogP contribution in [0.1, 0.15) is 6.92 Å². The molecule has 0 aromatic heterocycles. The van der Waals surface area contributed by atoms with Crippen molar-refractivity contribution in [1.29, 1.82) is 0 Å². The van der Waals surface area contributed by atoms with Gasteiger partial charge in [-0.2, -0.15) is 13.2 Å². The number of halogens is 3. The van der Waals surface area contributed by atoms with Crippen LogP contribution in [0.5, 0.6) is 0 Å². The molecule has 13 heteroatoms. The van der Waals surface area contributed by atoms with Gasteiger partial charge in [0.15, 0.2) is 0 Å². The van der Waals surface area contributed by atoms with Crippen LogP contribution in [0.4, 0.5) is 13.2 Å². The van der Waals surface area contributed by atoms with E-state index in [2.05, 4.69) is 5.32 Å². The maximum absolute atomic E-state index is 12.1. The van der Waals surface area contributed by atoms with Crippen LogP contribution in [0, 0.1) is 0 Å². The molecule has 2 heterocycles. The first-order chi connectivity index (χ1) is 14.0. The molecule has 2 saturated heterocycles. The van der Waals surface area contributed by atoms with Gasteiger partial charge in [-0.25, -0.2) is 4.79 Å². The Bertz CT molecular complexity index is 598. The fourth-order valence-corrected chi connectivity index (χ4v) is 2.96. The van der Waals surface area contributed by atoms with Crippen LogP contribution < -0.4 is 5.32 Å². The first-order valence-electron chi connectivity index (χ1n) is 9.22. The van der Waals surface area contributed by atoms with E-state index in [1.807, 2.05) is 18.9 Å². The summed E-state index contributed by atoms with van der Waals surface area (Å²) in [4.78, 5) is 36.6. The number of hydrogen-bond donors (Lipinski definition) is 2. The first-order valence-corrected chi connectivity index (χ1v) is 9.22. The van der Waals surface area contributed by atoms with E-state index in [0.717, 1.165) is 0 Å². The SMILES string of the molecule is CCOCC(=O)N1CC2(C1)CN(C)C(C(=O)NCCOC)CO2.O=C(O)C(F)(F)F. The molecule has 1 spiro atoms. The van der Waals surface area contributed by atoms with Gasteiger partial charge < -0.3 is 29.5 Å². The molecule has 2 fully saturated rings. The predicted octanol–water partition coefficient (Wildman–Crippen LogP) is -0.670. The van der Waals surface area contributed by atoms with E-state index in [1.165, 1.54) is 0 Å². The van der Waals surface area contributed by atoms with Gasteiger partial charge in [-0.1, -0.05) is 0 Å². The number of alkyl halides is 3. The highest BCUT2D eigenvalue weighted by atomic mass is 19.4. The highest BCUT2D eigenvalue weighted by Crippen LogP contribution is 2.30. The lowest BCUT2D eigenvalue weighted by molar-refractivity contribution is -0.202. The lowest BCUT2D eigenvalue weighted by atomic mass is 9.90. The van der Waals surface area contributed by atoms with Crippen LogP contribution in [-0.4, -0.2) is 117 Å². The van der Waals surface area contributed by atoms with Crippen molar-refractivity contribution in [1.82, 2.24) is 15.1 Å². The summed E-state index contributed by atoms with van der Waals surface area (Å²) < 4.78 is 47.7. The highest BCUT2D eigenvalue weighted by molar-refractivity contribution is 5.82. The molecule has 0 saturated carbocycles. The Labute approximate surface area is 172 Å². The number of nitrogens with zero attached hydrogens (tertiary/aromatic N) is 2. The Morgan fingerprint density at radius 3 is 2.33 bits per heavy atom. The molecule has 2 aliphatic rings. The van der Waals surface area contributed by atoms with Crippen molar-refractivity contribution in [3.8, 4) is 0 Å². The number of carboxylic acid groups (broad SMARTS) is 1. The Kier molecular flexibility index (Phi) is 9.94. The number of morpholine rings is 1. The third-order valence-corrected chi connectivity index (χ3v) is 4.51. The van der Waals surface area contributed by atoms with Crippen LogP contribution in [-0.2, 0) is 28.6 Å². The van der Waals surface area contributed by atoms with Crippen molar-refractivity contribution < 1.29 is 46.9 Å². The summed E-state index contributed by atoms with van der Waals surface area (Å²) in [5.41, 5.74) is -0.347. The number of aliphatic carboxylic acids is 1. The van der Waals surface area contributed by atoms with Crippen molar-refractivity contribution in [2.75, 3.05) is 66.8 Å². The number of ether oxygens (including phenoxy) is 3. The molecule has 0 radical (unpaired) electrons. The summed E-state index contributed by atoms with van der Waals surface area (Å²) in [6.07, 6.45) is -5.08. The van der Waals surface area contributed by atoms with Crippen molar-refractivity contribution >= 4 is 17.8 Å². The van der Waals surface area contributed by atoms with Crippen molar-refractivity contribution in [3.63, 3.8) is 0 Å². The normalized spacial score (nSPS) is 20.7. The minimum atomic E-state index is -5.08. The van der Waals surface area contributed by atoms with Gasteiger partial charge in [-0.05, 0) is 14.0 Å². The summed E-state index contributed by atoms with van der Waals surface area (Å²) in [7, 11) is 3.51. The van der Waals surface area contributed by atoms with Crippen molar-refractivity contribution in [2.45, 2.75) is 24.7 Å². The standard InChI is InChI=1S/C15H27N3O5.C2HF3O2/c1-4-22-8-13(19)18-10-15(11-18)9-17(2)12(7-23-15)14(20)16-5-6-21-3;3-2(4,5)1(6)7/h12H,4-11H2,1-3H3,(H,16,20);(H,6,7). The molecule has 2 rings (SSSR count). The number of hydrogen-bond acceptors (Lipinski definition) is 7. The molecule has 0 aromatic carbocycles. The molecular formula is C17H28F3N3O7. The summed E-state index contributed by atoms with van der Waals surface area (Å²) in [5, 5.41) is 9.96. The summed E-state index contributed by atoms with van der Waals surface area (Å²) in [6.45, 7) is 5.58.